The molecule has 0 aliphatic rings. The number of nitrogens with zero attached hydrogens (tertiary/aromatic N) is 2. The molecule has 2 heterocycles. The van der Waals surface area contributed by atoms with E-state index >= 15 is 0 Å². The number of carbonyl (C=O) groups is 1. The molecular weight excluding hydrogens is 288 g/mol. The fourth-order valence-electron chi connectivity index (χ4n) is 2.29. The van der Waals surface area contributed by atoms with Crippen LogP contribution in [0.5, 0.6) is 0 Å². The molecule has 0 saturated carbocycles. The minimum atomic E-state index is -0.600. The first-order chi connectivity index (χ1) is 10.5. The largest absolute Gasteiger partial charge is 0.462 e. The molecule has 2 aromatic heterocycles. The number of ether oxygens (including phenoxy) is 1. The highest BCUT2D eigenvalue weighted by molar-refractivity contribution is 5.93. The molecule has 1 aromatic carbocycles. The summed E-state index contributed by atoms with van der Waals surface area (Å²) in [5.74, 6) is -0.454. The van der Waals surface area contributed by atoms with Crippen molar-refractivity contribution in [1.82, 2.24) is 15.0 Å². The predicted octanol–water partition coefficient (Wildman–Crippen LogP) is -0.234. The molecule has 0 unspecified atom stereocenters. The normalized spacial score (nSPS) is 11.0. The zero-order chi connectivity index (χ0) is 15.9. The van der Waals surface area contributed by atoms with Crippen LogP contribution in [-0.2, 0) is 11.8 Å². The summed E-state index contributed by atoms with van der Waals surface area (Å²) < 4.78 is 6.59. The maximum atomic E-state index is 11.9. The Labute approximate surface area is 123 Å². The van der Waals surface area contributed by atoms with Crippen LogP contribution >= 0.6 is 0 Å². The standard InChI is InChI=1S/C14H12N4O4/c1-3-22-13(20)7-4-5-9-8(6-7)15-10-11(18(9)2)16-14(21)17-12(10)19/h4-6H,3H2,1-2H3,(H,17,19,21)/p+1. The van der Waals surface area contributed by atoms with Crippen molar-refractivity contribution in [1.29, 1.82) is 0 Å². The summed E-state index contributed by atoms with van der Waals surface area (Å²) in [6, 6.07) is 4.85. The SMILES string of the molecule is CCOC(=O)c1ccc2c(c1)nc1c(=O)[nH]c(=O)[nH]c1[n+]2C. The van der Waals surface area contributed by atoms with E-state index in [2.05, 4.69) is 15.0 Å². The summed E-state index contributed by atoms with van der Waals surface area (Å²) in [5.41, 5.74) is 0.692. The Morgan fingerprint density at radius 3 is 2.82 bits per heavy atom. The van der Waals surface area contributed by atoms with E-state index in [0.717, 1.165) is 0 Å². The highest BCUT2D eigenvalue weighted by atomic mass is 16.5. The first-order valence-electron chi connectivity index (χ1n) is 6.64. The third-order valence-corrected chi connectivity index (χ3v) is 3.31. The molecule has 0 spiro atoms. The van der Waals surface area contributed by atoms with Crippen molar-refractivity contribution in [3.05, 3.63) is 44.6 Å². The van der Waals surface area contributed by atoms with Gasteiger partial charge in [0.15, 0.2) is 5.52 Å². The lowest BCUT2D eigenvalue weighted by Crippen LogP contribution is -2.37. The zero-order valence-corrected chi connectivity index (χ0v) is 12.0. The third-order valence-electron chi connectivity index (χ3n) is 3.31. The first kappa shape index (κ1) is 13.9. The Balaban J connectivity index is 2.35. The molecule has 0 atom stereocenters. The van der Waals surface area contributed by atoms with Gasteiger partial charge in [0.2, 0.25) is 5.52 Å². The minimum absolute atomic E-state index is 0.0932. The predicted molar refractivity (Wildman–Crippen MR) is 77.6 cm³/mol. The van der Waals surface area contributed by atoms with Crippen molar-refractivity contribution in [2.24, 2.45) is 7.05 Å². The van der Waals surface area contributed by atoms with Gasteiger partial charge in [-0.05, 0) is 25.1 Å². The van der Waals surface area contributed by atoms with Crippen LogP contribution in [0.25, 0.3) is 22.2 Å². The lowest BCUT2D eigenvalue weighted by Gasteiger charge is -2.05. The summed E-state index contributed by atoms with van der Waals surface area (Å²) >= 11 is 0. The summed E-state index contributed by atoms with van der Waals surface area (Å²) in [6.07, 6.45) is 0. The number of benzene rings is 1. The molecule has 8 nitrogen and oxygen atoms in total. The molecule has 3 aromatic rings. The van der Waals surface area contributed by atoms with Crippen LogP contribution in [0.15, 0.2) is 27.8 Å². The maximum absolute atomic E-state index is 11.9. The van der Waals surface area contributed by atoms with Gasteiger partial charge < -0.3 is 4.74 Å². The molecule has 3 rings (SSSR count). The van der Waals surface area contributed by atoms with Gasteiger partial charge in [-0.1, -0.05) is 0 Å². The van der Waals surface area contributed by atoms with Crippen LogP contribution in [0, 0.1) is 0 Å². The quantitative estimate of drug-likeness (QED) is 0.386. The smallest absolute Gasteiger partial charge is 0.413 e. The second kappa shape index (κ2) is 5.06. The lowest BCUT2D eigenvalue weighted by atomic mass is 10.2. The van der Waals surface area contributed by atoms with Crippen LogP contribution in [0.2, 0.25) is 0 Å². The third kappa shape index (κ3) is 2.14. The summed E-state index contributed by atoms with van der Waals surface area (Å²) in [4.78, 5) is 44.0. The fourth-order valence-corrected chi connectivity index (χ4v) is 2.29. The van der Waals surface area contributed by atoms with Crippen LogP contribution in [0.4, 0.5) is 0 Å². The van der Waals surface area contributed by atoms with Gasteiger partial charge in [-0.2, -0.15) is 4.98 Å². The fraction of sp³-hybridized carbons (Fsp3) is 0.214. The molecular formula is C14H13N4O4+. The van der Waals surface area contributed by atoms with Crippen molar-refractivity contribution < 1.29 is 14.1 Å². The van der Waals surface area contributed by atoms with E-state index in [0.29, 0.717) is 22.2 Å². The van der Waals surface area contributed by atoms with Crippen LogP contribution in [0.1, 0.15) is 17.3 Å². The molecule has 0 radical (unpaired) electrons. The number of aromatic amines is 2. The van der Waals surface area contributed by atoms with Crippen molar-refractivity contribution in [2.75, 3.05) is 6.61 Å². The first-order valence-corrected chi connectivity index (χ1v) is 6.64. The van der Waals surface area contributed by atoms with Gasteiger partial charge in [-0.3, -0.25) is 9.78 Å². The van der Waals surface area contributed by atoms with E-state index in [-0.39, 0.29) is 12.1 Å². The molecule has 2 N–H and O–H groups in total. The van der Waals surface area contributed by atoms with E-state index in [4.69, 9.17) is 4.74 Å². The summed E-state index contributed by atoms with van der Waals surface area (Å²) in [7, 11) is 1.70. The molecule has 112 valence electrons. The van der Waals surface area contributed by atoms with Gasteiger partial charge in [0.25, 0.3) is 5.56 Å². The number of aromatic nitrogens is 4. The molecule has 0 saturated heterocycles. The van der Waals surface area contributed by atoms with Gasteiger partial charge in [-0.25, -0.2) is 19.1 Å². The topological polar surface area (TPSA) is 109 Å². The van der Waals surface area contributed by atoms with E-state index in [1.807, 2.05) is 0 Å². The van der Waals surface area contributed by atoms with E-state index in [9.17, 15) is 14.4 Å². The molecule has 0 aliphatic carbocycles. The second-order valence-electron chi connectivity index (χ2n) is 4.70. The molecule has 8 heteroatoms. The average Bonchev–Trinajstić information content (AvgIpc) is 2.48. The number of carbonyl (C=O) groups excluding carboxylic acids is 1. The molecule has 0 bridgehead atoms. The number of H-pyrrole nitrogens is 2. The summed E-state index contributed by atoms with van der Waals surface area (Å²) in [6.45, 7) is 2.00. The van der Waals surface area contributed by atoms with Gasteiger partial charge in [0.1, 0.15) is 5.52 Å². The monoisotopic (exact) mass is 301 g/mol. The average molecular weight is 301 g/mol. The number of hydrogen-bond donors (Lipinski definition) is 2. The number of esters is 1. The van der Waals surface area contributed by atoms with Gasteiger partial charge >= 0.3 is 17.3 Å². The number of fused-ring (bicyclic) bond motifs is 2. The Morgan fingerprint density at radius 1 is 1.32 bits per heavy atom. The Hall–Kier alpha value is -3.03. The molecule has 0 fully saturated rings. The Bertz CT molecular complexity index is 1020. The van der Waals surface area contributed by atoms with Crippen LogP contribution in [-0.4, -0.2) is 27.5 Å². The van der Waals surface area contributed by atoms with E-state index in [1.54, 1.807) is 36.7 Å². The van der Waals surface area contributed by atoms with Crippen molar-refractivity contribution >= 4 is 28.2 Å². The van der Waals surface area contributed by atoms with E-state index < -0.39 is 17.2 Å². The highest BCUT2D eigenvalue weighted by Crippen LogP contribution is 2.13. The Morgan fingerprint density at radius 2 is 2.09 bits per heavy atom. The minimum Gasteiger partial charge on any atom is -0.462 e. The summed E-state index contributed by atoms with van der Waals surface area (Å²) in [5, 5.41) is 0. The Kier molecular flexibility index (Phi) is 3.21. The zero-order valence-electron chi connectivity index (χ0n) is 12.0. The van der Waals surface area contributed by atoms with Gasteiger partial charge in [-0.15, -0.1) is 0 Å². The number of hydrogen-bond acceptors (Lipinski definition) is 5. The lowest BCUT2D eigenvalue weighted by molar-refractivity contribution is -0.620. The van der Waals surface area contributed by atoms with Gasteiger partial charge in [0.05, 0.1) is 19.2 Å². The van der Waals surface area contributed by atoms with E-state index in [1.165, 1.54) is 0 Å². The molecule has 22 heavy (non-hydrogen) atoms. The van der Waals surface area contributed by atoms with Gasteiger partial charge in [0, 0.05) is 0 Å². The number of nitrogens with one attached hydrogen (secondary N) is 2. The molecule has 0 aliphatic heterocycles. The maximum Gasteiger partial charge on any atom is 0.413 e. The van der Waals surface area contributed by atoms with Crippen molar-refractivity contribution in [3.8, 4) is 0 Å². The number of aryl methyl sites for hydroxylation is 1. The second-order valence-corrected chi connectivity index (χ2v) is 4.70. The molecule has 0 amide bonds. The van der Waals surface area contributed by atoms with Crippen LogP contribution < -0.4 is 15.8 Å². The van der Waals surface area contributed by atoms with Crippen LogP contribution in [0.3, 0.4) is 0 Å². The van der Waals surface area contributed by atoms with Crippen molar-refractivity contribution in [3.63, 3.8) is 0 Å². The number of rotatable bonds is 2. The van der Waals surface area contributed by atoms with Crippen molar-refractivity contribution in [2.45, 2.75) is 6.92 Å². The highest BCUT2D eigenvalue weighted by Gasteiger charge is 2.17.